The first kappa shape index (κ1) is 9.48. The van der Waals surface area contributed by atoms with E-state index in [9.17, 15) is 0 Å². The fourth-order valence-electron chi connectivity index (χ4n) is 3.16. The highest BCUT2D eigenvalue weighted by molar-refractivity contribution is 5.88. The van der Waals surface area contributed by atoms with Crippen molar-refractivity contribution in [3.63, 3.8) is 0 Å². The van der Waals surface area contributed by atoms with Gasteiger partial charge in [-0.2, -0.15) is 0 Å². The molecule has 0 aliphatic carbocycles. The van der Waals surface area contributed by atoms with E-state index in [1.54, 1.807) is 6.26 Å². The summed E-state index contributed by atoms with van der Waals surface area (Å²) in [5.41, 5.74) is 0.935. The van der Waals surface area contributed by atoms with Crippen molar-refractivity contribution in [2.75, 3.05) is 31.1 Å². The first-order chi connectivity index (χ1) is 8.42. The number of aromatic nitrogens is 1. The van der Waals surface area contributed by atoms with Crippen molar-refractivity contribution in [2.24, 2.45) is 11.8 Å². The zero-order chi connectivity index (χ0) is 11.2. The summed E-state index contributed by atoms with van der Waals surface area (Å²) in [4.78, 5) is 6.94. The van der Waals surface area contributed by atoms with Crippen molar-refractivity contribution >= 4 is 16.8 Å². The highest BCUT2D eigenvalue weighted by Gasteiger charge is 2.37. The van der Waals surface area contributed by atoms with Gasteiger partial charge in [0.1, 0.15) is 11.4 Å². The second-order valence-electron chi connectivity index (χ2n) is 5.05. The Bertz CT molecular complexity index is 538. The van der Waals surface area contributed by atoms with Crippen LogP contribution < -0.4 is 10.2 Å². The summed E-state index contributed by atoms with van der Waals surface area (Å²) in [7, 11) is 0. The molecule has 2 aromatic rings. The van der Waals surface area contributed by atoms with Gasteiger partial charge < -0.3 is 14.6 Å². The van der Waals surface area contributed by atoms with Gasteiger partial charge in [0, 0.05) is 32.4 Å². The zero-order valence-electron chi connectivity index (χ0n) is 9.60. The van der Waals surface area contributed by atoms with Gasteiger partial charge in [0.15, 0.2) is 0 Å². The molecule has 0 aromatic carbocycles. The van der Waals surface area contributed by atoms with Crippen molar-refractivity contribution in [2.45, 2.75) is 0 Å². The van der Waals surface area contributed by atoms with E-state index in [0.29, 0.717) is 0 Å². The molecule has 2 aliphatic heterocycles. The second-order valence-corrected chi connectivity index (χ2v) is 5.05. The number of anilines is 1. The minimum Gasteiger partial charge on any atom is -0.464 e. The summed E-state index contributed by atoms with van der Waals surface area (Å²) in [6, 6.07) is 3.95. The van der Waals surface area contributed by atoms with Crippen molar-refractivity contribution in [1.82, 2.24) is 10.3 Å². The number of rotatable bonds is 1. The van der Waals surface area contributed by atoms with E-state index in [1.807, 2.05) is 18.3 Å². The lowest BCUT2D eigenvalue weighted by molar-refractivity contribution is 0.533. The molecule has 4 rings (SSSR count). The maximum absolute atomic E-state index is 5.43. The van der Waals surface area contributed by atoms with Crippen LogP contribution in [-0.2, 0) is 0 Å². The summed E-state index contributed by atoms with van der Waals surface area (Å²) in [6.07, 6.45) is 3.59. The van der Waals surface area contributed by atoms with E-state index in [2.05, 4.69) is 15.2 Å². The third kappa shape index (κ3) is 1.37. The van der Waals surface area contributed by atoms with E-state index in [4.69, 9.17) is 4.42 Å². The van der Waals surface area contributed by atoms with Crippen molar-refractivity contribution in [3.8, 4) is 0 Å². The number of hydrogen-bond acceptors (Lipinski definition) is 4. The molecule has 2 aliphatic rings. The lowest BCUT2D eigenvalue weighted by Gasteiger charge is -2.18. The Morgan fingerprint density at radius 1 is 1.24 bits per heavy atom. The molecular weight excluding hydrogens is 214 g/mol. The van der Waals surface area contributed by atoms with E-state index >= 15 is 0 Å². The first-order valence-electron chi connectivity index (χ1n) is 6.20. The molecule has 2 fully saturated rings. The van der Waals surface area contributed by atoms with Gasteiger partial charge in [0.2, 0.25) is 0 Å². The van der Waals surface area contributed by atoms with Crippen LogP contribution in [0.15, 0.2) is 29.0 Å². The van der Waals surface area contributed by atoms with Gasteiger partial charge in [-0.3, -0.25) is 0 Å². The lowest BCUT2D eigenvalue weighted by Crippen LogP contribution is -2.26. The molecule has 4 heterocycles. The fraction of sp³-hybridized carbons (Fsp3) is 0.462. The minimum absolute atomic E-state index is 0.791. The third-order valence-electron chi connectivity index (χ3n) is 4.05. The molecule has 17 heavy (non-hydrogen) atoms. The SMILES string of the molecule is c1cc2occc2c(N2C[C@H]3CNC[C@H]3C2)n1. The number of pyridine rings is 1. The van der Waals surface area contributed by atoms with Crippen LogP contribution in [0.25, 0.3) is 11.0 Å². The molecule has 0 amide bonds. The summed E-state index contributed by atoms with van der Waals surface area (Å²) in [5, 5.41) is 4.60. The van der Waals surface area contributed by atoms with E-state index in [1.165, 1.54) is 0 Å². The monoisotopic (exact) mass is 229 g/mol. The molecule has 2 aromatic heterocycles. The topological polar surface area (TPSA) is 41.3 Å². The highest BCUT2D eigenvalue weighted by atomic mass is 16.3. The van der Waals surface area contributed by atoms with E-state index in [-0.39, 0.29) is 0 Å². The maximum Gasteiger partial charge on any atom is 0.139 e. The number of nitrogens with zero attached hydrogens (tertiary/aromatic N) is 2. The zero-order valence-corrected chi connectivity index (χ0v) is 9.60. The number of furan rings is 1. The predicted molar refractivity (Wildman–Crippen MR) is 66.1 cm³/mol. The second kappa shape index (κ2) is 3.47. The van der Waals surface area contributed by atoms with Crippen LogP contribution in [-0.4, -0.2) is 31.2 Å². The van der Waals surface area contributed by atoms with Crippen LogP contribution in [0.5, 0.6) is 0 Å². The van der Waals surface area contributed by atoms with Gasteiger partial charge >= 0.3 is 0 Å². The summed E-state index contributed by atoms with van der Waals surface area (Å²) in [6.45, 7) is 4.55. The van der Waals surface area contributed by atoms with Crippen LogP contribution in [0.3, 0.4) is 0 Å². The predicted octanol–water partition coefficient (Wildman–Crippen LogP) is 1.48. The molecular formula is C13H15N3O. The Hall–Kier alpha value is -1.55. The summed E-state index contributed by atoms with van der Waals surface area (Å²) in [5.74, 6) is 2.67. The Balaban J connectivity index is 1.73. The standard InChI is InChI=1S/C13H15N3O/c1-3-15-13(11-2-4-17-12(1)11)16-7-9-5-14-6-10(9)8-16/h1-4,9-10,14H,5-8H2/t9-,10+. The molecule has 0 bridgehead atoms. The van der Waals surface area contributed by atoms with Gasteiger partial charge in [-0.15, -0.1) is 0 Å². The number of hydrogen-bond donors (Lipinski definition) is 1. The van der Waals surface area contributed by atoms with Crippen LogP contribution >= 0.6 is 0 Å². The molecule has 2 atom stereocenters. The van der Waals surface area contributed by atoms with Crippen molar-refractivity contribution < 1.29 is 4.42 Å². The van der Waals surface area contributed by atoms with Crippen LogP contribution in [0.4, 0.5) is 5.82 Å². The van der Waals surface area contributed by atoms with Crippen molar-refractivity contribution in [1.29, 1.82) is 0 Å². The summed E-state index contributed by atoms with van der Waals surface area (Å²) >= 11 is 0. The Morgan fingerprint density at radius 2 is 2.06 bits per heavy atom. The van der Waals surface area contributed by atoms with Crippen LogP contribution in [0.2, 0.25) is 0 Å². The third-order valence-corrected chi connectivity index (χ3v) is 4.05. The van der Waals surface area contributed by atoms with Gasteiger partial charge in [-0.1, -0.05) is 0 Å². The van der Waals surface area contributed by atoms with Crippen LogP contribution in [0, 0.1) is 11.8 Å². The van der Waals surface area contributed by atoms with Gasteiger partial charge in [0.25, 0.3) is 0 Å². The molecule has 0 unspecified atom stereocenters. The minimum atomic E-state index is 0.791. The van der Waals surface area contributed by atoms with Gasteiger partial charge in [-0.25, -0.2) is 4.98 Å². The lowest BCUT2D eigenvalue weighted by atomic mass is 10.0. The molecule has 0 saturated carbocycles. The Labute approximate surface area is 99.6 Å². The molecule has 0 spiro atoms. The first-order valence-corrected chi connectivity index (χ1v) is 6.20. The molecule has 0 radical (unpaired) electrons. The molecule has 1 N–H and O–H groups in total. The van der Waals surface area contributed by atoms with Gasteiger partial charge in [0.05, 0.1) is 11.6 Å². The average Bonchev–Trinajstić information content (AvgIpc) is 3.02. The normalized spacial score (nSPS) is 27.9. The molecule has 2 saturated heterocycles. The summed E-state index contributed by atoms with van der Waals surface area (Å²) < 4.78 is 5.43. The molecule has 88 valence electrons. The fourth-order valence-corrected chi connectivity index (χ4v) is 3.16. The number of fused-ring (bicyclic) bond motifs is 2. The quantitative estimate of drug-likeness (QED) is 0.804. The van der Waals surface area contributed by atoms with Crippen LogP contribution in [0.1, 0.15) is 0 Å². The Kier molecular flexibility index (Phi) is 1.93. The maximum atomic E-state index is 5.43. The Morgan fingerprint density at radius 3 is 2.88 bits per heavy atom. The van der Waals surface area contributed by atoms with E-state index in [0.717, 1.165) is 54.8 Å². The average molecular weight is 229 g/mol. The molecule has 4 heteroatoms. The van der Waals surface area contributed by atoms with E-state index < -0.39 is 0 Å². The van der Waals surface area contributed by atoms with Gasteiger partial charge in [-0.05, 0) is 24.0 Å². The van der Waals surface area contributed by atoms with Crippen molar-refractivity contribution in [3.05, 3.63) is 24.6 Å². The largest absolute Gasteiger partial charge is 0.464 e. The number of nitrogens with one attached hydrogen (secondary N) is 1. The highest BCUT2D eigenvalue weighted by Crippen LogP contribution is 2.33. The smallest absolute Gasteiger partial charge is 0.139 e. The molecule has 4 nitrogen and oxygen atoms in total.